The van der Waals surface area contributed by atoms with Crippen LogP contribution in [0.4, 0.5) is 16.2 Å². The average Bonchev–Trinajstić information content (AvgIpc) is 2.28. The van der Waals surface area contributed by atoms with Crippen LogP contribution in [0.5, 0.6) is 0 Å². The average molecular weight is 253 g/mol. The number of hydrogen-bond acceptors (Lipinski definition) is 3. The number of primary amides is 1. The largest absolute Gasteiger partial charge is 0.385 e. The number of rotatable bonds is 7. The Morgan fingerprint density at radius 3 is 2.82 bits per heavy atom. The summed E-state index contributed by atoms with van der Waals surface area (Å²) in [5, 5.41) is 5.87. The highest BCUT2D eigenvalue weighted by Gasteiger charge is 1.97. The van der Waals surface area contributed by atoms with Gasteiger partial charge in [0.1, 0.15) is 0 Å². The molecule has 94 valence electrons. The molecule has 0 aliphatic carbocycles. The van der Waals surface area contributed by atoms with Gasteiger partial charge in [0.05, 0.1) is 0 Å². The SMILES string of the molecule is CSCCCCNc1cccc(NC(N)=O)c1. The molecule has 0 fully saturated rings. The number of hydrogen-bond donors (Lipinski definition) is 3. The molecule has 0 atom stereocenters. The molecular formula is C12H19N3OS. The van der Waals surface area contributed by atoms with E-state index in [4.69, 9.17) is 5.73 Å². The second-order valence-electron chi connectivity index (χ2n) is 3.70. The number of nitrogens with one attached hydrogen (secondary N) is 2. The zero-order chi connectivity index (χ0) is 12.5. The summed E-state index contributed by atoms with van der Waals surface area (Å²) in [6.07, 6.45) is 4.48. The van der Waals surface area contributed by atoms with Gasteiger partial charge in [-0.2, -0.15) is 11.8 Å². The summed E-state index contributed by atoms with van der Waals surface area (Å²) in [5.74, 6) is 1.20. The van der Waals surface area contributed by atoms with Crippen molar-refractivity contribution in [1.29, 1.82) is 0 Å². The van der Waals surface area contributed by atoms with E-state index in [0.717, 1.165) is 18.7 Å². The third-order valence-corrected chi connectivity index (χ3v) is 2.93. The van der Waals surface area contributed by atoms with Gasteiger partial charge in [-0.05, 0) is 43.0 Å². The lowest BCUT2D eigenvalue weighted by Gasteiger charge is -2.08. The summed E-state index contributed by atoms with van der Waals surface area (Å²) >= 11 is 1.87. The standard InChI is InChI=1S/C12H19N3OS/c1-17-8-3-2-7-14-10-5-4-6-11(9-10)15-12(13)16/h4-6,9,14H,2-3,7-8H2,1H3,(H3,13,15,16). The maximum absolute atomic E-state index is 10.7. The van der Waals surface area contributed by atoms with Crippen molar-refractivity contribution < 1.29 is 4.79 Å². The topological polar surface area (TPSA) is 67.2 Å². The fraction of sp³-hybridized carbons (Fsp3) is 0.417. The number of benzene rings is 1. The Balaban J connectivity index is 2.35. The minimum absolute atomic E-state index is 0.540. The molecule has 0 aromatic heterocycles. The summed E-state index contributed by atoms with van der Waals surface area (Å²) < 4.78 is 0. The zero-order valence-corrected chi connectivity index (χ0v) is 10.8. The molecule has 2 amide bonds. The maximum Gasteiger partial charge on any atom is 0.316 e. The number of anilines is 2. The highest BCUT2D eigenvalue weighted by molar-refractivity contribution is 7.98. The van der Waals surface area contributed by atoms with Crippen molar-refractivity contribution in [2.24, 2.45) is 5.73 Å². The van der Waals surface area contributed by atoms with Crippen LogP contribution in [0.2, 0.25) is 0 Å². The van der Waals surface area contributed by atoms with Crippen molar-refractivity contribution in [3.8, 4) is 0 Å². The van der Waals surface area contributed by atoms with Crippen LogP contribution in [-0.2, 0) is 0 Å². The second kappa shape index (κ2) is 7.84. The van der Waals surface area contributed by atoms with Crippen LogP contribution < -0.4 is 16.4 Å². The fourth-order valence-electron chi connectivity index (χ4n) is 1.45. The maximum atomic E-state index is 10.7. The lowest BCUT2D eigenvalue weighted by Crippen LogP contribution is -2.19. The molecule has 0 aliphatic heterocycles. The van der Waals surface area contributed by atoms with Crippen molar-refractivity contribution in [2.75, 3.05) is 29.2 Å². The molecule has 1 rings (SSSR count). The Hall–Kier alpha value is -1.36. The first kappa shape index (κ1) is 13.7. The number of unbranched alkanes of at least 4 members (excludes halogenated alkanes) is 1. The summed E-state index contributed by atoms with van der Waals surface area (Å²) in [6.45, 7) is 0.945. The number of amides is 2. The summed E-state index contributed by atoms with van der Waals surface area (Å²) in [5.41, 5.74) is 6.77. The highest BCUT2D eigenvalue weighted by Crippen LogP contribution is 2.14. The third-order valence-electron chi connectivity index (χ3n) is 2.23. The van der Waals surface area contributed by atoms with E-state index in [1.165, 1.54) is 12.2 Å². The van der Waals surface area contributed by atoms with E-state index < -0.39 is 6.03 Å². The Kier molecular flexibility index (Phi) is 6.32. The number of nitrogens with two attached hydrogens (primary N) is 1. The van der Waals surface area contributed by atoms with E-state index in [-0.39, 0.29) is 0 Å². The lowest BCUT2D eigenvalue weighted by molar-refractivity contribution is 0.259. The molecule has 0 saturated heterocycles. The van der Waals surface area contributed by atoms with E-state index in [2.05, 4.69) is 16.9 Å². The van der Waals surface area contributed by atoms with Gasteiger partial charge < -0.3 is 16.4 Å². The molecule has 5 heteroatoms. The predicted octanol–water partition coefficient (Wildman–Crippen LogP) is 2.73. The molecule has 1 aromatic rings. The molecule has 4 N–H and O–H groups in total. The predicted molar refractivity (Wildman–Crippen MR) is 75.8 cm³/mol. The summed E-state index contributed by atoms with van der Waals surface area (Å²) in [4.78, 5) is 10.7. The minimum Gasteiger partial charge on any atom is -0.385 e. The molecular weight excluding hydrogens is 234 g/mol. The number of urea groups is 1. The van der Waals surface area contributed by atoms with Crippen LogP contribution in [0, 0.1) is 0 Å². The van der Waals surface area contributed by atoms with Crippen LogP contribution in [0.1, 0.15) is 12.8 Å². The molecule has 4 nitrogen and oxygen atoms in total. The first-order valence-electron chi connectivity index (χ1n) is 5.61. The zero-order valence-electron chi connectivity index (χ0n) is 10.0. The van der Waals surface area contributed by atoms with Gasteiger partial charge in [0.25, 0.3) is 0 Å². The van der Waals surface area contributed by atoms with Crippen molar-refractivity contribution in [3.63, 3.8) is 0 Å². The molecule has 0 heterocycles. The summed E-state index contributed by atoms with van der Waals surface area (Å²) in [7, 11) is 0. The fourth-order valence-corrected chi connectivity index (χ4v) is 1.95. The lowest BCUT2D eigenvalue weighted by atomic mass is 10.2. The van der Waals surface area contributed by atoms with Gasteiger partial charge in [-0.15, -0.1) is 0 Å². The van der Waals surface area contributed by atoms with Gasteiger partial charge in [0, 0.05) is 17.9 Å². The molecule has 17 heavy (non-hydrogen) atoms. The minimum atomic E-state index is -0.540. The van der Waals surface area contributed by atoms with Crippen molar-refractivity contribution in [3.05, 3.63) is 24.3 Å². The van der Waals surface area contributed by atoms with E-state index in [1.807, 2.05) is 36.0 Å². The molecule has 0 spiro atoms. The van der Waals surface area contributed by atoms with Crippen LogP contribution >= 0.6 is 11.8 Å². The van der Waals surface area contributed by atoms with Crippen LogP contribution in [0.25, 0.3) is 0 Å². The monoisotopic (exact) mass is 253 g/mol. The number of carbonyl (C=O) groups excluding carboxylic acids is 1. The van der Waals surface area contributed by atoms with Crippen LogP contribution in [0.3, 0.4) is 0 Å². The number of thioether (sulfide) groups is 1. The third kappa shape index (κ3) is 6.06. The van der Waals surface area contributed by atoms with Crippen molar-refractivity contribution in [2.45, 2.75) is 12.8 Å². The normalized spacial score (nSPS) is 9.94. The van der Waals surface area contributed by atoms with E-state index in [1.54, 1.807) is 0 Å². The Morgan fingerprint density at radius 2 is 2.12 bits per heavy atom. The molecule has 0 saturated carbocycles. The second-order valence-corrected chi connectivity index (χ2v) is 4.68. The van der Waals surface area contributed by atoms with Gasteiger partial charge in [0.2, 0.25) is 0 Å². The van der Waals surface area contributed by atoms with Crippen molar-refractivity contribution >= 4 is 29.2 Å². The Morgan fingerprint density at radius 1 is 1.35 bits per heavy atom. The smallest absolute Gasteiger partial charge is 0.316 e. The first-order chi connectivity index (χ1) is 8.22. The van der Waals surface area contributed by atoms with Crippen LogP contribution in [0.15, 0.2) is 24.3 Å². The summed E-state index contributed by atoms with van der Waals surface area (Å²) in [6, 6.07) is 7.00. The first-order valence-corrected chi connectivity index (χ1v) is 7.01. The van der Waals surface area contributed by atoms with Gasteiger partial charge in [-0.25, -0.2) is 4.79 Å². The Labute approximate surface area is 106 Å². The molecule has 1 aromatic carbocycles. The van der Waals surface area contributed by atoms with E-state index in [0.29, 0.717) is 5.69 Å². The molecule has 0 radical (unpaired) electrons. The van der Waals surface area contributed by atoms with E-state index in [9.17, 15) is 4.79 Å². The van der Waals surface area contributed by atoms with Gasteiger partial charge in [-0.1, -0.05) is 6.07 Å². The number of carbonyl (C=O) groups is 1. The molecule has 0 bridgehead atoms. The van der Waals surface area contributed by atoms with Crippen molar-refractivity contribution in [1.82, 2.24) is 0 Å². The van der Waals surface area contributed by atoms with E-state index >= 15 is 0 Å². The Bertz CT molecular complexity index is 357. The quantitative estimate of drug-likeness (QED) is 0.654. The van der Waals surface area contributed by atoms with Gasteiger partial charge >= 0.3 is 6.03 Å². The molecule has 0 aliphatic rings. The van der Waals surface area contributed by atoms with Gasteiger partial charge in [0.15, 0.2) is 0 Å². The molecule has 0 unspecified atom stereocenters. The van der Waals surface area contributed by atoms with Gasteiger partial charge in [-0.3, -0.25) is 0 Å². The highest BCUT2D eigenvalue weighted by atomic mass is 32.2. The van der Waals surface area contributed by atoms with Crippen LogP contribution in [-0.4, -0.2) is 24.6 Å².